The van der Waals surface area contributed by atoms with Crippen LogP contribution in [0, 0.1) is 0 Å². The van der Waals surface area contributed by atoms with Crippen LogP contribution in [0.2, 0.25) is 0 Å². The maximum Gasteiger partial charge on any atom is 0.299 e. The summed E-state index contributed by atoms with van der Waals surface area (Å²) in [7, 11) is 1.57. The highest BCUT2D eigenvalue weighted by Gasteiger charge is 2.11. The first-order chi connectivity index (χ1) is 11.2. The summed E-state index contributed by atoms with van der Waals surface area (Å²) in [4.78, 5) is 15.8. The van der Waals surface area contributed by atoms with Crippen molar-refractivity contribution in [3.05, 3.63) is 60.3 Å². The molecule has 0 bridgehead atoms. The molecule has 5 heteroatoms. The molecule has 0 saturated heterocycles. The molecular weight excluding hydrogens is 292 g/mol. The second-order valence-electron chi connectivity index (χ2n) is 4.99. The Kier molecular flexibility index (Phi) is 4.10. The molecule has 0 spiro atoms. The van der Waals surface area contributed by atoms with Crippen molar-refractivity contribution in [3.8, 4) is 17.1 Å². The van der Waals surface area contributed by atoms with Crippen LogP contribution in [0.1, 0.15) is 17.3 Å². The average Bonchev–Trinajstić information content (AvgIpc) is 3.04. The van der Waals surface area contributed by atoms with Gasteiger partial charge in [0.1, 0.15) is 5.75 Å². The largest absolute Gasteiger partial charge is 0.495 e. The average molecular weight is 308 g/mol. The highest BCUT2D eigenvalue weighted by molar-refractivity contribution is 5.95. The molecule has 3 aromatic rings. The minimum atomic E-state index is -0.0203. The first-order valence-corrected chi connectivity index (χ1v) is 7.14. The van der Waals surface area contributed by atoms with Gasteiger partial charge in [0.25, 0.3) is 6.01 Å². The monoisotopic (exact) mass is 308 g/mol. The fraction of sp³-hybridized carbons (Fsp3) is 0.111. The van der Waals surface area contributed by atoms with E-state index in [4.69, 9.17) is 9.15 Å². The molecule has 0 fully saturated rings. The summed E-state index contributed by atoms with van der Waals surface area (Å²) in [5, 5.41) is 3.05. The Hall–Kier alpha value is -3.08. The number of benzene rings is 2. The lowest BCUT2D eigenvalue weighted by Gasteiger charge is -2.09. The molecule has 0 aliphatic heterocycles. The molecule has 2 aromatic carbocycles. The van der Waals surface area contributed by atoms with E-state index in [1.807, 2.05) is 30.3 Å². The van der Waals surface area contributed by atoms with Gasteiger partial charge in [-0.15, -0.1) is 0 Å². The Morgan fingerprint density at radius 3 is 2.65 bits per heavy atom. The maximum atomic E-state index is 11.5. The van der Waals surface area contributed by atoms with E-state index in [1.165, 1.54) is 6.92 Å². The summed E-state index contributed by atoms with van der Waals surface area (Å²) in [5.41, 5.74) is 2.15. The fourth-order valence-electron chi connectivity index (χ4n) is 2.21. The number of hydrogen-bond donors (Lipinski definition) is 1. The molecule has 5 nitrogen and oxygen atoms in total. The van der Waals surface area contributed by atoms with Gasteiger partial charge in [0.2, 0.25) is 0 Å². The molecule has 0 radical (unpaired) electrons. The zero-order valence-electron chi connectivity index (χ0n) is 12.9. The molecule has 0 unspecified atom stereocenters. The third kappa shape index (κ3) is 3.23. The topological polar surface area (TPSA) is 64.4 Å². The van der Waals surface area contributed by atoms with Gasteiger partial charge in [0, 0.05) is 11.1 Å². The molecule has 3 rings (SSSR count). The quantitative estimate of drug-likeness (QED) is 0.712. The number of carbonyl (C=O) groups excluding carboxylic acids is 1. The number of oxazole rings is 1. The van der Waals surface area contributed by atoms with E-state index in [1.54, 1.807) is 31.5 Å². The molecule has 1 N–H and O–H groups in total. The van der Waals surface area contributed by atoms with E-state index >= 15 is 0 Å². The van der Waals surface area contributed by atoms with Crippen LogP contribution in [0.4, 0.5) is 11.7 Å². The first-order valence-electron chi connectivity index (χ1n) is 7.14. The highest BCUT2D eigenvalue weighted by Crippen LogP contribution is 2.30. The van der Waals surface area contributed by atoms with E-state index in [0.29, 0.717) is 28.8 Å². The Labute approximate surface area is 133 Å². The normalized spacial score (nSPS) is 10.3. The Bertz CT molecular complexity index is 825. The van der Waals surface area contributed by atoms with Gasteiger partial charge in [-0.25, -0.2) is 4.98 Å². The van der Waals surface area contributed by atoms with Crippen molar-refractivity contribution in [2.45, 2.75) is 6.92 Å². The van der Waals surface area contributed by atoms with Crippen LogP contribution < -0.4 is 10.1 Å². The van der Waals surface area contributed by atoms with Crippen LogP contribution in [-0.4, -0.2) is 17.9 Å². The molecular formula is C18H16N2O3. The molecule has 116 valence electrons. The SMILES string of the molecule is COc1ccc(C(C)=O)cc1Nc1ncc(-c2ccccc2)o1. The van der Waals surface area contributed by atoms with Crippen molar-refractivity contribution in [2.75, 3.05) is 12.4 Å². The van der Waals surface area contributed by atoms with Crippen molar-refractivity contribution in [2.24, 2.45) is 0 Å². The van der Waals surface area contributed by atoms with Crippen LogP contribution >= 0.6 is 0 Å². The molecule has 0 amide bonds. The van der Waals surface area contributed by atoms with Crippen LogP contribution in [0.25, 0.3) is 11.3 Å². The number of nitrogens with one attached hydrogen (secondary N) is 1. The lowest BCUT2D eigenvalue weighted by atomic mass is 10.1. The molecule has 0 saturated carbocycles. The Balaban J connectivity index is 1.89. The lowest BCUT2D eigenvalue weighted by Crippen LogP contribution is -1.98. The maximum absolute atomic E-state index is 11.5. The van der Waals surface area contributed by atoms with Gasteiger partial charge in [-0.05, 0) is 25.1 Å². The van der Waals surface area contributed by atoms with E-state index in [0.717, 1.165) is 5.56 Å². The number of hydrogen-bond acceptors (Lipinski definition) is 5. The number of anilines is 2. The van der Waals surface area contributed by atoms with Gasteiger partial charge in [-0.2, -0.15) is 0 Å². The summed E-state index contributed by atoms with van der Waals surface area (Å²) in [5.74, 6) is 1.25. The van der Waals surface area contributed by atoms with E-state index in [2.05, 4.69) is 10.3 Å². The Morgan fingerprint density at radius 1 is 1.17 bits per heavy atom. The second-order valence-corrected chi connectivity index (χ2v) is 4.99. The number of Topliss-reactive ketones (excluding diaryl/α,β-unsaturated/α-hetero) is 1. The van der Waals surface area contributed by atoms with Crippen LogP contribution in [0.15, 0.2) is 59.1 Å². The van der Waals surface area contributed by atoms with Crippen molar-refractivity contribution in [1.29, 1.82) is 0 Å². The fourth-order valence-corrected chi connectivity index (χ4v) is 2.21. The predicted molar refractivity (Wildman–Crippen MR) is 88.2 cm³/mol. The summed E-state index contributed by atoms with van der Waals surface area (Å²) in [6.45, 7) is 1.52. The molecule has 23 heavy (non-hydrogen) atoms. The number of carbonyl (C=O) groups is 1. The minimum absolute atomic E-state index is 0.0203. The molecule has 0 aliphatic rings. The number of nitrogens with zero attached hydrogens (tertiary/aromatic N) is 1. The number of ether oxygens (including phenoxy) is 1. The van der Waals surface area contributed by atoms with Gasteiger partial charge >= 0.3 is 0 Å². The predicted octanol–water partition coefficient (Wildman–Crippen LogP) is 4.30. The molecule has 1 aromatic heterocycles. The van der Waals surface area contributed by atoms with Crippen molar-refractivity contribution >= 4 is 17.5 Å². The number of ketones is 1. The summed E-state index contributed by atoms with van der Waals surface area (Å²) >= 11 is 0. The van der Waals surface area contributed by atoms with Crippen molar-refractivity contribution < 1.29 is 13.9 Å². The number of methoxy groups -OCH3 is 1. The molecule has 1 heterocycles. The third-order valence-corrected chi connectivity index (χ3v) is 3.41. The van der Waals surface area contributed by atoms with Crippen LogP contribution in [-0.2, 0) is 0 Å². The van der Waals surface area contributed by atoms with E-state index < -0.39 is 0 Å². The van der Waals surface area contributed by atoms with Gasteiger partial charge in [0.15, 0.2) is 11.5 Å². The first kappa shape index (κ1) is 14.8. The van der Waals surface area contributed by atoms with Gasteiger partial charge in [-0.3, -0.25) is 4.79 Å². The van der Waals surface area contributed by atoms with E-state index in [9.17, 15) is 4.79 Å². The van der Waals surface area contributed by atoms with Crippen molar-refractivity contribution in [3.63, 3.8) is 0 Å². The minimum Gasteiger partial charge on any atom is -0.495 e. The third-order valence-electron chi connectivity index (χ3n) is 3.41. The van der Waals surface area contributed by atoms with Gasteiger partial charge < -0.3 is 14.5 Å². The lowest BCUT2D eigenvalue weighted by molar-refractivity contribution is 0.101. The highest BCUT2D eigenvalue weighted by atomic mass is 16.5. The smallest absolute Gasteiger partial charge is 0.299 e. The summed E-state index contributed by atoms with van der Waals surface area (Å²) in [6, 6.07) is 15.2. The summed E-state index contributed by atoms with van der Waals surface area (Å²) in [6.07, 6.45) is 1.65. The standard InChI is InChI=1S/C18H16N2O3/c1-12(21)14-8-9-16(22-2)15(10-14)20-18-19-11-17(23-18)13-6-4-3-5-7-13/h3-11H,1-2H3,(H,19,20). The zero-order chi connectivity index (χ0) is 16.2. The van der Waals surface area contributed by atoms with Crippen LogP contribution in [0.3, 0.4) is 0 Å². The second kappa shape index (κ2) is 6.36. The van der Waals surface area contributed by atoms with Gasteiger partial charge in [-0.1, -0.05) is 30.3 Å². The van der Waals surface area contributed by atoms with Gasteiger partial charge in [0.05, 0.1) is 19.0 Å². The number of rotatable bonds is 5. The molecule has 0 aliphatic carbocycles. The summed E-state index contributed by atoms with van der Waals surface area (Å²) < 4.78 is 11.0. The Morgan fingerprint density at radius 2 is 1.96 bits per heavy atom. The van der Waals surface area contributed by atoms with E-state index in [-0.39, 0.29) is 5.78 Å². The molecule has 0 atom stereocenters. The van der Waals surface area contributed by atoms with Crippen molar-refractivity contribution in [1.82, 2.24) is 4.98 Å². The zero-order valence-corrected chi connectivity index (χ0v) is 12.9. The number of aromatic nitrogens is 1. The van der Waals surface area contributed by atoms with Crippen LogP contribution in [0.5, 0.6) is 5.75 Å².